The van der Waals surface area contributed by atoms with Gasteiger partial charge in [-0.25, -0.2) is 8.42 Å². The van der Waals surface area contributed by atoms with Gasteiger partial charge >= 0.3 is 0 Å². The Balaban J connectivity index is 1.74. The lowest BCUT2D eigenvalue weighted by Crippen LogP contribution is -2.31. The average Bonchev–Trinajstić information content (AvgIpc) is 3.23. The summed E-state index contributed by atoms with van der Waals surface area (Å²) in [6.07, 6.45) is 2.30. The van der Waals surface area contributed by atoms with Crippen molar-refractivity contribution in [2.75, 3.05) is 11.9 Å². The van der Waals surface area contributed by atoms with Crippen LogP contribution in [0, 0.1) is 6.92 Å². The van der Waals surface area contributed by atoms with Gasteiger partial charge in [0.25, 0.3) is 0 Å². The van der Waals surface area contributed by atoms with Crippen molar-refractivity contribution in [2.24, 2.45) is 0 Å². The normalized spacial score (nSPS) is 20.8. The number of nitrogens with one attached hydrogen (secondary N) is 1. The molecule has 3 heterocycles. The van der Waals surface area contributed by atoms with Gasteiger partial charge in [-0.15, -0.1) is 0 Å². The fourth-order valence-corrected chi connectivity index (χ4v) is 5.77. The first-order valence-corrected chi connectivity index (χ1v) is 10.3. The zero-order chi connectivity index (χ0) is 18.5. The van der Waals surface area contributed by atoms with Gasteiger partial charge < -0.3 is 9.84 Å². The van der Waals surface area contributed by atoms with E-state index < -0.39 is 16.1 Å². The number of rotatable bonds is 3. The maximum atomic E-state index is 13.3. The number of benzene rings is 1. The zero-order valence-electron chi connectivity index (χ0n) is 14.2. The Morgan fingerprint density at radius 2 is 2.12 bits per heavy atom. The second-order valence-corrected chi connectivity index (χ2v) is 8.90. The third-order valence-corrected chi connectivity index (χ3v) is 7.19. The van der Waals surface area contributed by atoms with Crippen molar-refractivity contribution >= 4 is 33.2 Å². The summed E-state index contributed by atoms with van der Waals surface area (Å²) < 4.78 is 33.3. The van der Waals surface area contributed by atoms with Gasteiger partial charge in [0.05, 0.1) is 16.8 Å². The number of fused-ring (bicyclic) bond motifs is 1. The first kappa shape index (κ1) is 17.5. The molecule has 1 saturated heterocycles. The number of amides is 1. The molecule has 0 unspecified atom stereocenters. The van der Waals surface area contributed by atoms with E-state index in [4.69, 9.17) is 16.1 Å². The van der Waals surface area contributed by atoms with Gasteiger partial charge in [-0.3, -0.25) is 4.79 Å². The Kier molecular flexibility index (Phi) is 4.29. The molecule has 1 amide bonds. The van der Waals surface area contributed by atoms with Crippen molar-refractivity contribution in [1.29, 1.82) is 0 Å². The molecular weight excluding hydrogens is 378 g/mol. The number of hydrogen-bond acceptors (Lipinski definition) is 5. The van der Waals surface area contributed by atoms with Gasteiger partial charge in [-0.2, -0.15) is 4.31 Å². The van der Waals surface area contributed by atoms with E-state index in [1.165, 1.54) is 10.4 Å². The second-order valence-electron chi connectivity index (χ2n) is 6.63. The summed E-state index contributed by atoms with van der Waals surface area (Å²) in [7, 11) is -3.85. The third kappa shape index (κ3) is 2.91. The summed E-state index contributed by atoms with van der Waals surface area (Å²) in [6, 6.07) is 4.45. The number of anilines is 1. The Morgan fingerprint density at radius 3 is 2.85 bits per heavy atom. The molecule has 1 fully saturated rings. The van der Waals surface area contributed by atoms with Crippen LogP contribution in [0.3, 0.4) is 0 Å². The van der Waals surface area contributed by atoms with Crippen LogP contribution in [0.2, 0.25) is 5.02 Å². The quantitative estimate of drug-likeness (QED) is 0.862. The molecule has 26 heavy (non-hydrogen) atoms. The highest BCUT2D eigenvalue weighted by Crippen LogP contribution is 2.40. The van der Waals surface area contributed by atoms with Crippen LogP contribution in [0.25, 0.3) is 0 Å². The first-order valence-electron chi connectivity index (χ1n) is 8.43. The van der Waals surface area contributed by atoms with Crippen LogP contribution in [-0.4, -0.2) is 30.3 Å². The highest BCUT2D eigenvalue weighted by Gasteiger charge is 2.39. The van der Waals surface area contributed by atoms with Crippen molar-refractivity contribution in [3.8, 4) is 0 Å². The summed E-state index contributed by atoms with van der Waals surface area (Å²) in [6.45, 7) is 2.18. The Hall–Kier alpha value is -1.90. The lowest BCUT2D eigenvalue weighted by atomic mass is 10.0. The largest absolute Gasteiger partial charge is 0.359 e. The summed E-state index contributed by atoms with van der Waals surface area (Å²) in [4.78, 5) is 11.6. The highest BCUT2D eigenvalue weighted by molar-refractivity contribution is 7.89. The number of halogens is 1. The summed E-state index contributed by atoms with van der Waals surface area (Å²) >= 11 is 6.30. The van der Waals surface area contributed by atoms with Crippen molar-refractivity contribution in [3.63, 3.8) is 0 Å². The molecule has 138 valence electrons. The fourth-order valence-electron chi connectivity index (χ4n) is 3.56. The third-order valence-electron chi connectivity index (χ3n) is 4.82. The Bertz CT molecular complexity index is 986. The summed E-state index contributed by atoms with van der Waals surface area (Å²) in [5, 5.41) is 6.76. The highest BCUT2D eigenvalue weighted by atomic mass is 35.5. The van der Waals surface area contributed by atoms with Crippen LogP contribution in [0.5, 0.6) is 0 Å². The van der Waals surface area contributed by atoms with Gasteiger partial charge in [0.1, 0.15) is 4.90 Å². The number of hydrogen-bond donors (Lipinski definition) is 1. The molecular formula is C17H18ClN3O4S. The maximum Gasteiger partial charge on any atom is 0.245 e. The molecule has 4 rings (SSSR count). The SMILES string of the molecule is Cc1cc([C@@H]2CCCN2S(=O)(=O)c2cc3c(cc2Cl)CCC(=O)N3)on1. The average molecular weight is 396 g/mol. The Labute approximate surface area is 156 Å². The number of carbonyl (C=O) groups is 1. The van der Waals surface area contributed by atoms with Crippen LogP contribution >= 0.6 is 11.6 Å². The van der Waals surface area contributed by atoms with Crippen molar-refractivity contribution in [2.45, 2.75) is 43.5 Å². The van der Waals surface area contributed by atoms with Gasteiger partial charge in [0.2, 0.25) is 15.9 Å². The van der Waals surface area contributed by atoms with E-state index >= 15 is 0 Å². The molecule has 1 N–H and O–H groups in total. The monoisotopic (exact) mass is 395 g/mol. The van der Waals surface area contributed by atoms with Crippen LogP contribution < -0.4 is 5.32 Å². The van der Waals surface area contributed by atoms with Crippen molar-refractivity contribution in [3.05, 3.63) is 40.2 Å². The molecule has 0 spiro atoms. The van der Waals surface area contributed by atoms with Crippen LogP contribution in [-0.2, 0) is 21.2 Å². The molecule has 1 aromatic heterocycles. The fraction of sp³-hybridized carbons (Fsp3) is 0.412. The molecule has 1 atom stereocenters. The van der Waals surface area contributed by atoms with E-state index in [2.05, 4.69) is 10.5 Å². The lowest BCUT2D eigenvalue weighted by Gasteiger charge is -2.24. The predicted octanol–water partition coefficient (Wildman–Crippen LogP) is 3.05. The Morgan fingerprint density at radius 1 is 1.31 bits per heavy atom. The van der Waals surface area contributed by atoms with Crippen LogP contribution in [0.15, 0.2) is 27.6 Å². The number of aromatic nitrogens is 1. The van der Waals surface area contributed by atoms with E-state index in [0.717, 1.165) is 12.0 Å². The molecule has 2 aliphatic heterocycles. The molecule has 2 aliphatic rings. The summed E-state index contributed by atoms with van der Waals surface area (Å²) in [5.74, 6) is 0.408. The number of nitrogens with zero attached hydrogens (tertiary/aromatic N) is 2. The van der Waals surface area contributed by atoms with Crippen LogP contribution in [0.1, 0.15) is 42.3 Å². The minimum absolute atomic E-state index is 0.00301. The standard InChI is InChI=1S/C17H18ClN3O4S/c1-10-7-15(25-20-10)14-3-2-6-21(14)26(23,24)16-9-13-11(8-12(16)18)4-5-17(22)19-13/h7-9,14H,2-6H2,1H3,(H,19,22)/t14-/m0/s1. The predicted molar refractivity (Wildman–Crippen MR) is 95.5 cm³/mol. The lowest BCUT2D eigenvalue weighted by molar-refractivity contribution is -0.116. The topological polar surface area (TPSA) is 92.5 Å². The molecule has 0 saturated carbocycles. The molecule has 0 radical (unpaired) electrons. The molecule has 2 aromatic rings. The van der Waals surface area contributed by atoms with Crippen molar-refractivity contribution in [1.82, 2.24) is 9.46 Å². The van der Waals surface area contributed by atoms with Gasteiger partial charge in [-0.05, 0) is 43.9 Å². The molecule has 1 aromatic carbocycles. The molecule has 9 heteroatoms. The zero-order valence-corrected chi connectivity index (χ0v) is 15.7. The molecule has 0 bridgehead atoms. The van der Waals surface area contributed by atoms with Gasteiger partial charge in [0.15, 0.2) is 5.76 Å². The van der Waals surface area contributed by atoms with E-state index in [1.807, 2.05) is 0 Å². The van der Waals surface area contributed by atoms with Gasteiger partial charge in [0, 0.05) is 24.7 Å². The number of sulfonamides is 1. The number of carbonyl (C=O) groups excluding carboxylic acids is 1. The van der Waals surface area contributed by atoms with E-state index in [0.29, 0.717) is 42.9 Å². The first-order chi connectivity index (χ1) is 12.4. The molecule has 7 nitrogen and oxygen atoms in total. The maximum absolute atomic E-state index is 13.3. The summed E-state index contributed by atoms with van der Waals surface area (Å²) in [5.41, 5.74) is 2.06. The smallest absolute Gasteiger partial charge is 0.245 e. The molecule has 0 aliphatic carbocycles. The van der Waals surface area contributed by atoms with Gasteiger partial charge in [-0.1, -0.05) is 16.8 Å². The van der Waals surface area contributed by atoms with E-state index in [-0.39, 0.29) is 15.8 Å². The van der Waals surface area contributed by atoms with E-state index in [1.54, 1.807) is 19.1 Å². The minimum atomic E-state index is -3.85. The second kappa shape index (κ2) is 6.37. The van der Waals surface area contributed by atoms with E-state index in [9.17, 15) is 13.2 Å². The minimum Gasteiger partial charge on any atom is -0.359 e. The number of aryl methyl sites for hydroxylation is 2. The van der Waals surface area contributed by atoms with Crippen molar-refractivity contribution < 1.29 is 17.7 Å². The van der Waals surface area contributed by atoms with Crippen LogP contribution in [0.4, 0.5) is 5.69 Å².